The first kappa shape index (κ1) is 31.1. The monoisotopic (exact) mass is 580 g/mol. The van der Waals surface area contributed by atoms with Crippen LogP contribution in [0.3, 0.4) is 0 Å². The number of carbonyl (C=O) groups excluding carboxylic acids is 2. The second-order valence-electron chi connectivity index (χ2n) is 12.3. The van der Waals surface area contributed by atoms with E-state index in [1.54, 1.807) is 37.8 Å². The molecule has 1 aromatic carbocycles. The van der Waals surface area contributed by atoms with Crippen LogP contribution in [0.4, 0.5) is 10.8 Å². The summed E-state index contributed by atoms with van der Waals surface area (Å²) >= 11 is 0. The van der Waals surface area contributed by atoms with E-state index in [1.807, 2.05) is 19.1 Å². The number of nitriles is 1. The van der Waals surface area contributed by atoms with Crippen molar-refractivity contribution in [3.05, 3.63) is 35.7 Å². The number of hydrogen-bond donors (Lipinski definition) is 1. The molecule has 0 bridgehead atoms. The van der Waals surface area contributed by atoms with E-state index in [9.17, 15) is 14.9 Å². The average molecular weight is 581 g/mol. The van der Waals surface area contributed by atoms with Gasteiger partial charge in [-0.15, -0.1) is 0 Å². The van der Waals surface area contributed by atoms with Crippen LogP contribution in [0.2, 0.25) is 0 Å². The van der Waals surface area contributed by atoms with Gasteiger partial charge in [0.1, 0.15) is 23.4 Å². The highest BCUT2D eigenvalue weighted by Crippen LogP contribution is 2.30. The third-order valence-electron chi connectivity index (χ3n) is 8.04. The van der Waals surface area contributed by atoms with Gasteiger partial charge in [-0.25, -0.2) is 4.79 Å². The Kier molecular flexibility index (Phi) is 10.3. The number of hydrogen-bond acceptors (Lipinski definition) is 9. The van der Waals surface area contributed by atoms with Crippen molar-refractivity contribution in [2.75, 3.05) is 31.1 Å². The molecule has 11 nitrogen and oxygen atoms in total. The van der Waals surface area contributed by atoms with Crippen LogP contribution in [0.5, 0.6) is 5.75 Å². The van der Waals surface area contributed by atoms with Crippen molar-refractivity contribution >= 4 is 18.0 Å². The van der Waals surface area contributed by atoms with Crippen LogP contribution in [0.15, 0.2) is 28.8 Å². The van der Waals surface area contributed by atoms with Gasteiger partial charge in [0.15, 0.2) is 5.82 Å². The first-order valence-corrected chi connectivity index (χ1v) is 15.1. The summed E-state index contributed by atoms with van der Waals surface area (Å²) in [5, 5.41) is 16.2. The Bertz CT molecular complexity index is 1230. The van der Waals surface area contributed by atoms with E-state index in [0.717, 1.165) is 51.0 Å². The number of anilines is 1. The number of amides is 2. The van der Waals surface area contributed by atoms with Gasteiger partial charge in [-0.05, 0) is 82.4 Å². The molecule has 1 N–H and O–H groups in total. The molecule has 0 radical (unpaired) electrons. The number of likely N-dealkylation sites (tertiary alicyclic amines) is 1. The van der Waals surface area contributed by atoms with Crippen molar-refractivity contribution in [3.8, 4) is 11.8 Å². The third kappa shape index (κ3) is 8.14. The SMILES string of the molecule is CCc1noc(N2CCC(C(C)CCOc3ccc([C@H](NC(=O)OC(C)(C)C)C(=O)N4CCCC4C#N)cc3)CC2)n1. The Morgan fingerprint density at radius 1 is 1.17 bits per heavy atom. The van der Waals surface area contributed by atoms with Crippen molar-refractivity contribution in [2.45, 2.75) is 90.8 Å². The topological polar surface area (TPSA) is 134 Å². The number of carbonyl (C=O) groups is 2. The van der Waals surface area contributed by atoms with E-state index >= 15 is 0 Å². The molecule has 2 aromatic rings. The maximum atomic E-state index is 13.5. The van der Waals surface area contributed by atoms with Gasteiger partial charge in [0, 0.05) is 26.1 Å². The number of ether oxygens (including phenoxy) is 2. The molecule has 2 aliphatic rings. The quantitative estimate of drug-likeness (QED) is 0.410. The molecular formula is C31H44N6O5. The lowest BCUT2D eigenvalue weighted by Gasteiger charge is -2.33. The number of aryl methyl sites for hydroxylation is 1. The van der Waals surface area contributed by atoms with Gasteiger partial charge in [-0.1, -0.05) is 31.1 Å². The fraction of sp³-hybridized carbons (Fsp3) is 0.645. The van der Waals surface area contributed by atoms with Gasteiger partial charge >= 0.3 is 12.1 Å². The number of alkyl carbamates (subject to hydrolysis) is 1. The summed E-state index contributed by atoms with van der Waals surface area (Å²) in [5.41, 5.74) is -0.103. The first-order valence-electron chi connectivity index (χ1n) is 15.1. The minimum Gasteiger partial charge on any atom is -0.494 e. The molecule has 1 aromatic heterocycles. The summed E-state index contributed by atoms with van der Waals surface area (Å²) in [6, 6.07) is 8.57. The summed E-state index contributed by atoms with van der Waals surface area (Å²) in [4.78, 5) is 34.3. The third-order valence-corrected chi connectivity index (χ3v) is 8.04. The summed E-state index contributed by atoms with van der Waals surface area (Å²) in [7, 11) is 0. The zero-order valence-corrected chi connectivity index (χ0v) is 25.5. The Balaban J connectivity index is 1.30. The van der Waals surface area contributed by atoms with Gasteiger partial charge in [-0.3, -0.25) is 4.79 Å². The summed E-state index contributed by atoms with van der Waals surface area (Å²) in [6.07, 6.45) is 4.54. The molecule has 0 aliphatic carbocycles. The second-order valence-corrected chi connectivity index (χ2v) is 12.3. The average Bonchev–Trinajstić information content (AvgIpc) is 3.65. The number of nitrogens with one attached hydrogen (secondary N) is 1. The van der Waals surface area contributed by atoms with E-state index < -0.39 is 23.8 Å². The first-order chi connectivity index (χ1) is 20.1. The van der Waals surface area contributed by atoms with E-state index in [-0.39, 0.29) is 5.91 Å². The van der Waals surface area contributed by atoms with Crippen molar-refractivity contribution in [2.24, 2.45) is 11.8 Å². The summed E-state index contributed by atoms with van der Waals surface area (Å²) in [5.74, 6) is 2.24. The molecule has 2 unspecified atom stereocenters. The highest BCUT2D eigenvalue weighted by Gasteiger charge is 2.35. The largest absolute Gasteiger partial charge is 0.494 e. The number of aromatic nitrogens is 2. The zero-order valence-electron chi connectivity index (χ0n) is 25.5. The van der Waals surface area contributed by atoms with Crippen LogP contribution >= 0.6 is 0 Å². The molecule has 2 saturated heterocycles. The van der Waals surface area contributed by atoms with Crippen LogP contribution in [-0.2, 0) is 16.0 Å². The summed E-state index contributed by atoms with van der Waals surface area (Å²) < 4.78 is 16.9. The summed E-state index contributed by atoms with van der Waals surface area (Å²) in [6.45, 7) is 12.5. The van der Waals surface area contributed by atoms with Crippen molar-refractivity contribution in [1.29, 1.82) is 5.26 Å². The van der Waals surface area contributed by atoms with Crippen molar-refractivity contribution in [3.63, 3.8) is 0 Å². The Labute approximate surface area is 248 Å². The predicted octanol–water partition coefficient (Wildman–Crippen LogP) is 5.03. The Morgan fingerprint density at radius 3 is 2.50 bits per heavy atom. The number of nitrogens with zero attached hydrogens (tertiary/aromatic N) is 5. The highest BCUT2D eigenvalue weighted by molar-refractivity contribution is 5.87. The molecular weight excluding hydrogens is 536 g/mol. The van der Waals surface area contributed by atoms with Gasteiger partial charge in [0.2, 0.25) is 0 Å². The standard InChI is InChI=1S/C31H44N6O5/c1-6-26-33-29(42-35-26)36-17-13-22(14-18-36)21(2)15-19-40-25-11-9-23(10-12-25)27(34-30(39)41-31(3,4)5)28(38)37-16-7-8-24(37)20-32/h9-12,21-22,24,27H,6-8,13-19H2,1-5H3,(H,34,39)/t21?,24?,27-/m0/s1. The smallest absolute Gasteiger partial charge is 0.408 e. The molecule has 2 aliphatic heterocycles. The van der Waals surface area contributed by atoms with E-state index in [4.69, 9.17) is 14.0 Å². The molecule has 228 valence electrons. The number of piperidine rings is 1. The number of benzene rings is 1. The minimum absolute atomic E-state index is 0.316. The van der Waals surface area contributed by atoms with E-state index in [0.29, 0.717) is 48.7 Å². The fourth-order valence-electron chi connectivity index (χ4n) is 5.58. The Morgan fingerprint density at radius 2 is 1.88 bits per heavy atom. The van der Waals surface area contributed by atoms with Gasteiger partial charge in [0.05, 0.1) is 12.7 Å². The van der Waals surface area contributed by atoms with Crippen LogP contribution < -0.4 is 15.0 Å². The van der Waals surface area contributed by atoms with Crippen LogP contribution in [0.25, 0.3) is 0 Å². The maximum absolute atomic E-state index is 13.5. The van der Waals surface area contributed by atoms with Crippen LogP contribution in [-0.4, -0.2) is 64.9 Å². The number of rotatable bonds is 10. The van der Waals surface area contributed by atoms with Crippen LogP contribution in [0, 0.1) is 23.2 Å². The molecule has 3 heterocycles. The molecule has 0 saturated carbocycles. The zero-order chi connectivity index (χ0) is 30.3. The predicted molar refractivity (Wildman–Crippen MR) is 157 cm³/mol. The maximum Gasteiger partial charge on any atom is 0.408 e. The second kappa shape index (κ2) is 13.9. The van der Waals surface area contributed by atoms with Gasteiger partial charge in [0.25, 0.3) is 5.91 Å². The normalized spacial score (nSPS) is 19.2. The van der Waals surface area contributed by atoms with Gasteiger partial charge < -0.3 is 29.1 Å². The van der Waals surface area contributed by atoms with E-state index in [1.165, 1.54) is 0 Å². The van der Waals surface area contributed by atoms with Crippen LogP contribution in [0.1, 0.15) is 84.2 Å². The molecule has 0 spiro atoms. The lowest BCUT2D eigenvalue weighted by molar-refractivity contribution is -0.133. The molecule has 3 atom stereocenters. The molecule has 4 rings (SSSR count). The van der Waals surface area contributed by atoms with Crippen molar-refractivity contribution < 1.29 is 23.6 Å². The van der Waals surface area contributed by atoms with Gasteiger partial charge in [-0.2, -0.15) is 10.2 Å². The molecule has 42 heavy (non-hydrogen) atoms. The highest BCUT2D eigenvalue weighted by atomic mass is 16.6. The lowest BCUT2D eigenvalue weighted by Crippen LogP contribution is -2.45. The molecule has 2 fully saturated rings. The molecule has 2 amide bonds. The molecule has 11 heteroatoms. The fourth-order valence-corrected chi connectivity index (χ4v) is 5.58. The lowest BCUT2D eigenvalue weighted by atomic mass is 9.84. The van der Waals surface area contributed by atoms with Crippen molar-refractivity contribution in [1.82, 2.24) is 20.4 Å². The Hall–Kier alpha value is -3.81. The van der Waals surface area contributed by atoms with E-state index in [2.05, 4.69) is 33.4 Å². The minimum atomic E-state index is -0.963.